The van der Waals surface area contributed by atoms with E-state index in [-0.39, 0.29) is 30.6 Å². The van der Waals surface area contributed by atoms with Gasteiger partial charge >= 0.3 is 0 Å². The highest BCUT2D eigenvalue weighted by Crippen LogP contribution is 2.44. The van der Waals surface area contributed by atoms with Gasteiger partial charge in [0.15, 0.2) is 0 Å². The molecule has 16 heavy (non-hydrogen) atoms. The van der Waals surface area contributed by atoms with Crippen molar-refractivity contribution in [2.75, 3.05) is 6.61 Å². The molecule has 2 fully saturated rings. The van der Waals surface area contributed by atoms with Gasteiger partial charge in [-0.3, -0.25) is 14.4 Å². The summed E-state index contributed by atoms with van der Waals surface area (Å²) >= 11 is 0. The highest BCUT2D eigenvalue weighted by atomic mass is 16.7. The quantitative estimate of drug-likeness (QED) is 0.499. The molecule has 0 aromatic carbocycles. The fourth-order valence-corrected chi connectivity index (χ4v) is 2.53. The summed E-state index contributed by atoms with van der Waals surface area (Å²) in [6.45, 7) is 3.63. The third-order valence-corrected chi connectivity index (χ3v) is 3.19. The summed E-state index contributed by atoms with van der Waals surface area (Å²) in [5, 5.41) is 0.868. The van der Waals surface area contributed by atoms with E-state index in [9.17, 15) is 9.59 Å². The number of hydrogen-bond donors (Lipinski definition) is 0. The molecule has 0 saturated carbocycles. The fraction of sp³-hybridized carbons (Fsp3) is 0.455. The Balaban J connectivity index is 1.86. The highest BCUT2D eigenvalue weighted by molar-refractivity contribution is 6.05. The van der Waals surface area contributed by atoms with Crippen LogP contribution in [-0.2, 0) is 19.2 Å². The largest absolute Gasteiger partial charge is 0.365 e. The molecule has 84 valence electrons. The number of hydroxylamine groups is 2. The lowest BCUT2D eigenvalue weighted by molar-refractivity contribution is -0.188. The Bertz CT molecular complexity index is 373. The second-order valence-electron chi connectivity index (χ2n) is 4.06. The average molecular weight is 221 g/mol. The van der Waals surface area contributed by atoms with Gasteiger partial charge in [0, 0.05) is 0 Å². The standard InChI is InChI=1S/C11H11NO4/c1-2-5-15-12-10(13)8-6-3-4-7(16-6)9(8)11(12)14/h2-4,6-9H,1,5H2/t6-,7+,8-,9-/m0/s1. The summed E-state index contributed by atoms with van der Waals surface area (Å²) in [6.07, 6.45) is 4.66. The molecule has 0 N–H and O–H groups in total. The lowest BCUT2D eigenvalue weighted by atomic mass is 9.85. The van der Waals surface area contributed by atoms with E-state index in [4.69, 9.17) is 9.57 Å². The smallest absolute Gasteiger partial charge is 0.260 e. The molecule has 5 nitrogen and oxygen atoms in total. The maximum absolute atomic E-state index is 11.9. The van der Waals surface area contributed by atoms with Crippen LogP contribution in [0.1, 0.15) is 0 Å². The van der Waals surface area contributed by atoms with Crippen LogP contribution in [-0.4, -0.2) is 35.7 Å². The van der Waals surface area contributed by atoms with Crippen LogP contribution in [0.15, 0.2) is 24.8 Å². The van der Waals surface area contributed by atoms with Crippen LogP contribution in [0.3, 0.4) is 0 Å². The van der Waals surface area contributed by atoms with Gasteiger partial charge in [-0.25, -0.2) is 0 Å². The Morgan fingerprint density at radius 3 is 2.38 bits per heavy atom. The Hall–Kier alpha value is -1.46. The molecular formula is C11H11NO4. The van der Waals surface area contributed by atoms with Gasteiger partial charge in [0.25, 0.3) is 11.8 Å². The lowest BCUT2D eigenvalue weighted by Crippen LogP contribution is -2.34. The minimum absolute atomic E-state index is 0.153. The Kier molecular flexibility index (Phi) is 1.99. The maximum Gasteiger partial charge on any atom is 0.260 e. The SMILES string of the molecule is C=CCON1C(=O)[C@@H]2[C@@H](C1=O)[C@H]1C=C[C@@H]2O1. The second-order valence-corrected chi connectivity index (χ2v) is 4.06. The number of hydrogen-bond acceptors (Lipinski definition) is 4. The normalized spacial score (nSPS) is 39.6. The Morgan fingerprint density at radius 1 is 1.31 bits per heavy atom. The van der Waals surface area contributed by atoms with Crippen LogP contribution in [0, 0.1) is 11.8 Å². The first kappa shape index (κ1) is 9.74. The Labute approximate surface area is 92.3 Å². The summed E-state index contributed by atoms with van der Waals surface area (Å²) in [5.74, 6) is -1.39. The third kappa shape index (κ3) is 1.07. The van der Waals surface area contributed by atoms with Crippen LogP contribution >= 0.6 is 0 Å². The molecule has 2 bridgehead atoms. The van der Waals surface area contributed by atoms with E-state index >= 15 is 0 Å². The summed E-state index contributed by atoms with van der Waals surface area (Å²) < 4.78 is 5.48. The maximum atomic E-state index is 11.9. The van der Waals surface area contributed by atoms with Crippen molar-refractivity contribution in [3.63, 3.8) is 0 Å². The molecular weight excluding hydrogens is 210 g/mol. The topological polar surface area (TPSA) is 55.8 Å². The summed E-state index contributed by atoms with van der Waals surface area (Å²) in [4.78, 5) is 28.9. The number of amides is 2. The van der Waals surface area contributed by atoms with Gasteiger partial charge in [0.1, 0.15) is 0 Å². The van der Waals surface area contributed by atoms with Crippen molar-refractivity contribution >= 4 is 11.8 Å². The predicted molar refractivity (Wildman–Crippen MR) is 52.8 cm³/mol. The zero-order chi connectivity index (χ0) is 11.3. The van der Waals surface area contributed by atoms with Crippen molar-refractivity contribution < 1.29 is 19.2 Å². The van der Waals surface area contributed by atoms with Crippen LogP contribution in [0.5, 0.6) is 0 Å². The van der Waals surface area contributed by atoms with Gasteiger partial charge in [-0.05, 0) is 0 Å². The number of imide groups is 1. The van der Waals surface area contributed by atoms with Crippen LogP contribution < -0.4 is 0 Å². The molecule has 4 atom stereocenters. The lowest BCUT2D eigenvalue weighted by Gasteiger charge is -2.15. The summed E-state index contributed by atoms with van der Waals surface area (Å²) in [7, 11) is 0. The first-order chi connectivity index (χ1) is 7.74. The number of fused-ring (bicyclic) bond motifs is 5. The van der Waals surface area contributed by atoms with Crippen LogP contribution in [0.2, 0.25) is 0 Å². The van der Waals surface area contributed by atoms with E-state index < -0.39 is 11.8 Å². The van der Waals surface area contributed by atoms with Gasteiger partial charge in [-0.15, -0.1) is 6.58 Å². The number of carbonyl (C=O) groups is 2. The number of carbonyl (C=O) groups excluding carboxylic acids is 2. The molecule has 0 aromatic heterocycles. The Morgan fingerprint density at radius 2 is 1.88 bits per heavy atom. The van der Waals surface area contributed by atoms with E-state index in [1.165, 1.54) is 6.08 Å². The van der Waals surface area contributed by atoms with Gasteiger partial charge in [0.2, 0.25) is 0 Å². The molecule has 0 aliphatic carbocycles. The van der Waals surface area contributed by atoms with Gasteiger partial charge in [-0.1, -0.05) is 18.2 Å². The molecule has 3 heterocycles. The second kappa shape index (κ2) is 3.26. The van der Waals surface area contributed by atoms with Crippen molar-refractivity contribution in [2.45, 2.75) is 12.2 Å². The molecule has 3 rings (SSSR count). The van der Waals surface area contributed by atoms with E-state index in [2.05, 4.69) is 6.58 Å². The zero-order valence-electron chi connectivity index (χ0n) is 8.54. The molecule has 3 aliphatic rings. The van der Waals surface area contributed by atoms with Crippen molar-refractivity contribution in [3.05, 3.63) is 24.8 Å². The molecule has 2 saturated heterocycles. The van der Waals surface area contributed by atoms with Gasteiger partial charge < -0.3 is 4.74 Å². The molecule has 3 aliphatic heterocycles. The molecule has 0 aromatic rings. The van der Waals surface area contributed by atoms with Crippen molar-refractivity contribution in [2.24, 2.45) is 11.8 Å². The molecule has 0 spiro atoms. The van der Waals surface area contributed by atoms with Crippen molar-refractivity contribution in [3.8, 4) is 0 Å². The fourth-order valence-electron chi connectivity index (χ4n) is 2.53. The minimum Gasteiger partial charge on any atom is -0.365 e. The first-order valence-electron chi connectivity index (χ1n) is 5.19. The van der Waals surface area contributed by atoms with Crippen LogP contribution in [0.4, 0.5) is 0 Å². The third-order valence-electron chi connectivity index (χ3n) is 3.19. The predicted octanol–water partition coefficient (Wildman–Crippen LogP) is 0.0424. The molecule has 5 heteroatoms. The average Bonchev–Trinajstić information content (AvgIpc) is 2.92. The van der Waals surface area contributed by atoms with Crippen molar-refractivity contribution in [1.29, 1.82) is 0 Å². The van der Waals surface area contributed by atoms with E-state index in [0.717, 1.165) is 5.06 Å². The number of nitrogens with zero attached hydrogens (tertiary/aromatic N) is 1. The van der Waals surface area contributed by atoms with Gasteiger partial charge in [0.05, 0.1) is 30.7 Å². The summed E-state index contributed by atoms with van der Waals surface area (Å²) in [6, 6.07) is 0. The van der Waals surface area contributed by atoms with Crippen molar-refractivity contribution in [1.82, 2.24) is 5.06 Å². The zero-order valence-corrected chi connectivity index (χ0v) is 8.54. The van der Waals surface area contributed by atoms with Gasteiger partial charge in [-0.2, -0.15) is 5.06 Å². The number of rotatable bonds is 3. The van der Waals surface area contributed by atoms with E-state index in [1.54, 1.807) is 0 Å². The monoisotopic (exact) mass is 221 g/mol. The molecule has 2 amide bonds. The van der Waals surface area contributed by atoms with E-state index in [1.807, 2.05) is 12.2 Å². The highest BCUT2D eigenvalue weighted by Gasteiger charge is 2.61. The molecule has 0 radical (unpaired) electrons. The summed E-state index contributed by atoms with van der Waals surface area (Å²) in [5.41, 5.74) is 0. The first-order valence-corrected chi connectivity index (χ1v) is 5.19. The van der Waals surface area contributed by atoms with E-state index in [0.29, 0.717) is 0 Å². The van der Waals surface area contributed by atoms with Crippen LogP contribution in [0.25, 0.3) is 0 Å². The number of ether oxygens (including phenoxy) is 1. The minimum atomic E-state index is -0.396. The molecule has 0 unspecified atom stereocenters.